The summed E-state index contributed by atoms with van der Waals surface area (Å²) in [5.74, 6) is 0.0857. The molecule has 0 unspecified atom stereocenters. The number of carbonyl (C=O) groups excluding carboxylic acids is 2. The molecule has 1 aliphatic heterocycles. The summed E-state index contributed by atoms with van der Waals surface area (Å²) >= 11 is 0. The molecule has 0 aliphatic carbocycles. The molecule has 1 aromatic heterocycles. The van der Waals surface area contributed by atoms with Crippen molar-refractivity contribution in [1.29, 1.82) is 0 Å². The van der Waals surface area contributed by atoms with Crippen LogP contribution < -0.4 is 5.32 Å². The van der Waals surface area contributed by atoms with Crippen LogP contribution in [0.5, 0.6) is 0 Å². The Balaban J connectivity index is 1.49. The van der Waals surface area contributed by atoms with E-state index in [1.54, 1.807) is 31.3 Å². The molecule has 2 aromatic rings. The monoisotopic (exact) mass is 343 g/mol. The fourth-order valence-electron chi connectivity index (χ4n) is 3.42. The second-order valence-corrected chi connectivity index (χ2v) is 6.67. The number of aromatic amines is 1. The second-order valence-electron chi connectivity index (χ2n) is 6.67. The highest BCUT2D eigenvalue weighted by Gasteiger charge is 2.30. The summed E-state index contributed by atoms with van der Waals surface area (Å²) in [7, 11) is 3.60. The molecule has 25 heavy (non-hydrogen) atoms. The van der Waals surface area contributed by atoms with Crippen LogP contribution in [-0.4, -0.2) is 71.6 Å². The molecular weight excluding hydrogens is 318 g/mol. The number of carbonyl (C=O) groups is 2. The van der Waals surface area contributed by atoms with Crippen molar-refractivity contribution in [3.05, 3.63) is 30.0 Å². The molecule has 134 valence electrons. The Hall–Kier alpha value is -2.41. The van der Waals surface area contributed by atoms with Gasteiger partial charge in [-0.05, 0) is 37.9 Å². The number of nitrogens with zero attached hydrogens (tertiary/aromatic N) is 3. The average Bonchev–Trinajstić information content (AvgIpc) is 3.26. The van der Waals surface area contributed by atoms with Crippen LogP contribution in [0.4, 0.5) is 0 Å². The lowest BCUT2D eigenvalue weighted by molar-refractivity contribution is -0.133. The first-order valence-electron chi connectivity index (χ1n) is 8.73. The highest BCUT2D eigenvalue weighted by Crippen LogP contribution is 2.19. The van der Waals surface area contributed by atoms with Crippen LogP contribution in [0.15, 0.2) is 24.4 Å². The van der Waals surface area contributed by atoms with Gasteiger partial charge in [0.25, 0.3) is 5.91 Å². The van der Waals surface area contributed by atoms with Crippen molar-refractivity contribution in [1.82, 2.24) is 25.3 Å². The number of hydrogen-bond acceptors (Lipinski definition) is 4. The van der Waals surface area contributed by atoms with Gasteiger partial charge >= 0.3 is 0 Å². The maximum atomic E-state index is 12.4. The van der Waals surface area contributed by atoms with E-state index < -0.39 is 0 Å². The van der Waals surface area contributed by atoms with Gasteiger partial charge in [0.15, 0.2) is 0 Å². The number of H-pyrrole nitrogens is 1. The zero-order valence-corrected chi connectivity index (χ0v) is 14.8. The molecule has 0 spiro atoms. The Bertz CT molecular complexity index is 755. The Labute approximate surface area is 147 Å². The second kappa shape index (κ2) is 7.65. The Morgan fingerprint density at radius 2 is 2.24 bits per heavy atom. The third-order valence-corrected chi connectivity index (χ3v) is 4.73. The molecule has 0 radical (unpaired) electrons. The zero-order chi connectivity index (χ0) is 17.8. The smallest absolute Gasteiger partial charge is 0.252 e. The molecule has 1 saturated heterocycles. The lowest BCUT2D eigenvalue weighted by Gasteiger charge is -2.26. The van der Waals surface area contributed by atoms with Crippen molar-refractivity contribution < 1.29 is 9.59 Å². The van der Waals surface area contributed by atoms with Crippen molar-refractivity contribution in [3.63, 3.8) is 0 Å². The van der Waals surface area contributed by atoms with Gasteiger partial charge in [0.05, 0.1) is 23.3 Å². The molecule has 0 saturated carbocycles. The van der Waals surface area contributed by atoms with E-state index in [2.05, 4.69) is 20.4 Å². The van der Waals surface area contributed by atoms with E-state index in [1.807, 2.05) is 12.1 Å². The van der Waals surface area contributed by atoms with Crippen molar-refractivity contribution in [2.24, 2.45) is 0 Å². The fourth-order valence-corrected chi connectivity index (χ4v) is 3.42. The number of hydrogen-bond donors (Lipinski definition) is 2. The van der Waals surface area contributed by atoms with Gasteiger partial charge in [0.1, 0.15) is 0 Å². The third-order valence-electron chi connectivity index (χ3n) is 4.73. The van der Waals surface area contributed by atoms with Crippen LogP contribution in [0.25, 0.3) is 10.9 Å². The number of aromatic nitrogens is 2. The maximum Gasteiger partial charge on any atom is 0.252 e. The number of benzene rings is 1. The lowest BCUT2D eigenvalue weighted by atomic mass is 10.1. The number of rotatable bonds is 6. The van der Waals surface area contributed by atoms with Crippen LogP contribution in [0.1, 0.15) is 29.6 Å². The Morgan fingerprint density at radius 1 is 1.40 bits per heavy atom. The van der Waals surface area contributed by atoms with Gasteiger partial charge in [0.2, 0.25) is 5.91 Å². The predicted molar refractivity (Wildman–Crippen MR) is 96.3 cm³/mol. The van der Waals surface area contributed by atoms with E-state index in [9.17, 15) is 9.59 Å². The largest absolute Gasteiger partial charge is 0.352 e. The molecule has 7 heteroatoms. The average molecular weight is 343 g/mol. The van der Waals surface area contributed by atoms with Crippen molar-refractivity contribution in [2.75, 3.05) is 33.7 Å². The molecule has 2 amide bonds. The number of nitrogens with one attached hydrogen (secondary N) is 2. The van der Waals surface area contributed by atoms with Gasteiger partial charge in [-0.25, -0.2) is 0 Å². The number of likely N-dealkylation sites (N-methyl/N-ethyl adjacent to an activating group) is 1. The van der Waals surface area contributed by atoms with Crippen LogP contribution in [0.2, 0.25) is 0 Å². The molecular formula is C18H25N5O2. The van der Waals surface area contributed by atoms with Gasteiger partial charge in [0, 0.05) is 32.6 Å². The summed E-state index contributed by atoms with van der Waals surface area (Å²) in [4.78, 5) is 28.5. The van der Waals surface area contributed by atoms with Crippen molar-refractivity contribution in [2.45, 2.75) is 25.3 Å². The van der Waals surface area contributed by atoms with Gasteiger partial charge in [-0.15, -0.1) is 0 Å². The van der Waals surface area contributed by atoms with Gasteiger partial charge in [-0.3, -0.25) is 19.6 Å². The first-order chi connectivity index (χ1) is 12.1. The number of fused-ring (bicyclic) bond motifs is 1. The Kier molecular flexibility index (Phi) is 5.33. The van der Waals surface area contributed by atoms with Crippen LogP contribution in [0, 0.1) is 0 Å². The molecule has 0 bridgehead atoms. The summed E-state index contributed by atoms with van der Waals surface area (Å²) < 4.78 is 0. The summed E-state index contributed by atoms with van der Waals surface area (Å²) in [6.07, 6.45) is 4.47. The molecule has 1 aromatic carbocycles. The first kappa shape index (κ1) is 17.4. The predicted octanol–water partition coefficient (Wildman–Crippen LogP) is 1.24. The minimum absolute atomic E-state index is 0.00891. The van der Waals surface area contributed by atoms with E-state index in [0.29, 0.717) is 12.1 Å². The maximum absolute atomic E-state index is 12.4. The molecule has 2 N–H and O–H groups in total. The standard InChI is InChI=1S/C18H25N5O2/c1-22(2)18(25)16-8-4-10-23(16)11-5-9-19-17(24)13-6-3-7-15-14(13)12-20-21-15/h3,6-7,12,16H,4-5,8-11H2,1-2H3,(H,19,24)(H,20,21)/t16-/m1/s1. The highest BCUT2D eigenvalue weighted by molar-refractivity contribution is 6.05. The molecule has 1 atom stereocenters. The number of likely N-dealkylation sites (tertiary alicyclic amines) is 1. The van der Waals surface area contributed by atoms with Gasteiger partial charge in [-0.2, -0.15) is 5.10 Å². The van der Waals surface area contributed by atoms with Crippen molar-refractivity contribution in [3.8, 4) is 0 Å². The van der Waals surface area contributed by atoms with Gasteiger partial charge < -0.3 is 10.2 Å². The van der Waals surface area contributed by atoms with Crippen LogP contribution >= 0.6 is 0 Å². The van der Waals surface area contributed by atoms with E-state index in [1.165, 1.54) is 0 Å². The Morgan fingerprint density at radius 3 is 3.04 bits per heavy atom. The van der Waals surface area contributed by atoms with Gasteiger partial charge in [-0.1, -0.05) is 6.07 Å². The quantitative estimate of drug-likeness (QED) is 0.773. The van der Waals surface area contributed by atoms with E-state index in [4.69, 9.17) is 0 Å². The lowest BCUT2D eigenvalue weighted by Crippen LogP contribution is -2.43. The highest BCUT2D eigenvalue weighted by atomic mass is 16.2. The van der Waals surface area contributed by atoms with Crippen LogP contribution in [-0.2, 0) is 4.79 Å². The molecule has 2 heterocycles. The summed E-state index contributed by atoms with van der Waals surface area (Å²) in [5.41, 5.74) is 1.49. The topological polar surface area (TPSA) is 81.3 Å². The summed E-state index contributed by atoms with van der Waals surface area (Å²) in [5, 5.41) is 10.7. The molecule has 3 rings (SSSR count). The van der Waals surface area contributed by atoms with E-state index in [-0.39, 0.29) is 17.9 Å². The fraction of sp³-hybridized carbons (Fsp3) is 0.500. The molecule has 1 aliphatic rings. The molecule has 1 fully saturated rings. The minimum atomic E-state index is -0.0886. The van der Waals surface area contributed by atoms with Crippen LogP contribution in [0.3, 0.4) is 0 Å². The third kappa shape index (κ3) is 3.82. The van der Waals surface area contributed by atoms with E-state index >= 15 is 0 Å². The molecule has 7 nitrogen and oxygen atoms in total. The van der Waals surface area contributed by atoms with Crippen molar-refractivity contribution >= 4 is 22.7 Å². The summed E-state index contributed by atoms with van der Waals surface area (Å²) in [6.45, 7) is 2.36. The minimum Gasteiger partial charge on any atom is -0.352 e. The SMILES string of the molecule is CN(C)C(=O)[C@H]1CCCN1CCCNC(=O)c1cccc2[nH]ncc12. The number of amides is 2. The zero-order valence-electron chi connectivity index (χ0n) is 14.8. The van der Waals surface area contributed by atoms with E-state index in [0.717, 1.165) is 43.3 Å². The first-order valence-corrected chi connectivity index (χ1v) is 8.73. The normalized spacial score (nSPS) is 17.8. The summed E-state index contributed by atoms with van der Waals surface area (Å²) in [6, 6.07) is 5.54.